The van der Waals surface area contributed by atoms with E-state index >= 15 is 0 Å². The lowest BCUT2D eigenvalue weighted by Crippen LogP contribution is -2.92. The summed E-state index contributed by atoms with van der Waals surface area (Å²) >= 11 is 0. The average Bonchev–Trinajstić information content (AvgIpc) is 3.75. The average molecular weight is 875 g/mol. The van der Waals surface area contributed by atoms with E-state index in [0.29, 0.717) is 22.7 Å². The van der Waals surface area contributed by atoms with Crippen LogP contribution in [-0.2, 0) is 33.6 Å². The molecular weight excluding hydrogens is 821 g/mol. The molecule has 1 fully saturated rings. The second-order valence-electron chi connectivity index (χ2n) is 19.4. The highest BCUT2D eigenvalue weighted by atomic mass is 16.4. The Morgan fingerprint density at radius 2 is 1.13 bits per heavy atom. The van der Waals surface area contributed by atoms with Gasteiger partial charge in [0, 0.05) is 104 Å². The quantitative estimate of drug-likeness (QED) is 0.136. The van der Waals surface area contributed by atoms with Crippen molar-refractivity contribution >= 4 is 58.9 Å². The third kappa shape index (κ3) is 8.62. The summed E-state index contributed by atoms with van der Waals surface area (Å²) in [5, 5.41) is 88.5. The molecule has 0 aromatic carbocycles. The maximum absolute atomic E-state index is 12.9. The Kier molecular flexibility index (Phi) is 13.3. The molecule has 18 nitrogen and oxygen atoms in total. The molecule has 63 heavy (non-hydrogen) atoms. The normalized spacial score (nSPS) is 36.3. The summed E-state index contributed by atoms with van der Waals surface area (Å²) in [4.78, 5) is 102. The van der Waals surface area contributed by atoms with E-state index < -0.39 is 144 Å². The number of allylic oxidation sites excluding steroid dienone is 6. The molecule has 0 aromatic rings. The van der Waals surface area contributed by atoms with Crippen LogP contribution in [0.25, 0.3) is 0 Å². The molecule has 9 atom stereocenters. The van der Waals surface area contributed by atoms with E-state index in [9.17, 15) is 69.3 Å². The van der Waals surface area contributed by atoms with E-state index in [0.717, 1.165) is 0 Å². The molecule has 0 aromatic heterocycles. The van der Waals surface area contributed by atoms with Crippen LogP contribution < -0.4 is 41.1 Å². The van der Waals surface area contributed by atoms with E-state index in [1.807, 2.05) is 13.8 Å². The van der Waals surface area contributed by atoms with Crippen LogP contribution >= 0.6 is 0 Å². The summed E-state index contributed by atoms with van der Waals surface area (Å²) in [5.74, 6) is -13.9. The van der Waals surface area contributed by atoms with E-state index in [2.05, 4.69) is 0 Å². The molecule has 0 unspecified atom stereocenters. The number of nitrogens with zero attached hydrogens (tertiary/aromatic N) is 3. The van der Waals surface area contributed by atoms with Crippen LogP contribution in [0.5, 0.6) is 0 Å². The molecule has 344 valence electrons. The molecule has 18 heteroatoms. The monoisotopic (exact) mass is 874 g/mol. The Balaban J connectivity index is 2.02. The van der Waals surface area contributed by atoms with Crippen LogP contribution in [0.15, 0.2) is 49.3 Å². The van der Waals surface area contributed by atoms with Gasteiger partial charge in [0.2, 0.25) is 0 Å². The third-order valence-corrected chi connectivity index (χ3v) is 15.5. The predicted molar refractivity (Wildman–Crippen MR) is 208 cm³/mol. The first kappa shape index (κ1) is 48.5. The molecule has 0 saturated carbocycles. The molecule has 0 aliphatic carbocycles. The van der Waals surface area contributed by atoms with Crippen LogP contribution in [0.3, 0.4) is 0 Å². The van der Waals surface area contributed by atoms with Gasteiger partial charge in [-0.25, -0.2) is 0 Å². The number of nitrogens with two attached hydrogens (primary N) is 1. The summed E-state index contributed by atoms with van der Waals surface area (Å²) in [5.41, 5.74) is -4.71. The number of carboxylic acids is 7. The van der Waals surface area contributed by atoms with Gasteiger partial charge in [0.1, 0.15) is 17.3 Å². The van der Waals surface area contributed by atoms with Crippen molar-refractivity contribution in [2.45, 2.75) is 138 Å². The SMILES string of the molecule is C/C1=C2/[NH2+][C@H]([C@H](CC(=O)[O-])[C@@]2(C)CCC(=O)[O-])[C@]2(C)N=C(/C(C)=C3N=C(/C=C4N=C1[C@@H](CCC(=O)[O-])C\4(C)C)[C@@H](CCC(=O)[O-])[C@]\3(C)CC(=O)[O-])[C@@H](CCC(=O)[O-])[C@]2(C)CC(=O)[O-]. The zero-order valence-corrected chi connectivity index (χ0v) is 36.9. The van der Waals surface area contributed by atoms with Crippen molar-refractivity contribution in [2.75, 3.05) is 0 Å². The molecule has 5 aliphatic heterocycles. The summed E-state index contributed by atoms with van der Waals surface area (Å²) in [6.45, 7) is 13.4. The number of carboxylic acid groups (broad SMARTS) is 7. The van der Waals surface area contributed by atoms with Gasteiger partial charge in [-0.2, -0.15) is 0 Å². The first-order chi connectivity index (χ1) is 29.0. The first-order valence-electron chi connectivity index (χ1n) is 21.2. The third-order valence-electron chi connectivity index (χ3n) is 15.5. The van der Waals surface area contributed by atoms with E-state index in [1.165, 1.54) is 0 Å². The highest BCUT2D eigenvalue weighted by Gasteiger charge is 2.68. The van der Waals surface area contributed by atoms with Crippen LogP contribution in [0.4, 0.5) is 0 Å². The molecular formula is C45H54N4O14-6. The van der Waals surface area contributed by atoms with Gasteiger partial charge >= 0.3 is 0 Å². The number of hydrogen-bond donors (Lipinski definition) is 1. The number of quaternary nitrogens is 1. The fraction of sp³-hybridized carbons (Fsp3) is 0.644. The van der Waals surface area contributed by atoms with E-state index in [4.69, 9.17) is 15.0 Å². The lowest BCUT2D eigenvalue weighted by Gasteiger charge is -2.47. The van der Waals surface area contributed by atoms with Crippen LogP contribution in [0.1, 0.15) is 126 Å². The second kappa shape index (κ2) is 17.2. The second-order valence-corrected chi connectivity index (χ2v) is 19.4. The lowest BCUT2D eigenvalue weighted by molar-refractivity contribution is -0.645. The molecule has 5 heterocycles. The van der Waals surface area contributed by atoms with Gasteiger partial charge in [0.05, 0.1) is 16.8 Å². The van der Waals surface area contributed by atoms with Gasteiger partial charge in [-0.05, 0) is 110 Å². The molecule has 5 aliphatic rings. The fourth-order valence-electron chi connectivity index (χ4n) is 11.9. The maximum Gasteiger partial charge on any atom is 0.120 e. The Hall–Kier alpha value is -5.52. The zero-order chi connectivity index (χ0) is 47.4. The van der Waals surface area contributed by atoms with Crippen molar-refractivity contribution in [1.29, 1.82) is 0 Å². The zero-order valence-electron chi connectivity index (χ0n) is 36.9. The Morgan fingerprint density at radius 3 is 1.63 bits per heavy atom. The molecule has 8 bridgehead atoms. The van der Waals surface area contributed by atoms with Crippen molar-refractivity contribution < 1.29 is 74.6 Å². The highest BCUT2D eigenvalue weighted by molar-refractivity contribution is 6.09. The maximum atomic E-state index is 12.9. The van der Waals surface area contributed by atoms with Crippen LogP contribution in [0.2, 0.25) is 0 Å². The minimum Gasteiger partial charge on any atom is -0.550 e. The number of hydrogen-bond acceptors (Lipinski definition) is 17. The highest BCUT2D eigenvalue weighted by Crippen LogP contribution is 2.61. The standard InChI is InChI=1S/C45H60N4O14/c1-21-36-24(10-13-30(52)53)41(3,4)28(47-36)18-27-23(9-12-29(50)51)43(6,19-34(60)61)39(46-27)22(2)37-25(11-14-31(54)55)44(7,20-35(62)63)45(8,49-37)40-26(17-33(58)59)42(5,38(21)48-40)16-15-32(56)57/h18,23-26,40,48H,9-17,19-20H2,1-8H3,(H,50,51)(H,52,53)(H,54,55)(H,56,57)(H,58,59)(H,60,61)(H,62,63)/p-6/b28-18-,38-21-,39-22-/t23-,24-,25-,26+,40-,42-,43+,44+,45+/m1/s1. The Morgan fingerprint density at radius 1 is 0.603 bits per heavy atom. The minimum absolute atomic E-state index is 0.000202. The molecule has 0 amide bonds. The van der Waals surface area contributed by atoms with Gasteiger partial charge in [-0.15, -0.1) is 0 Å². The number of aliphatic carboxylic acids is 7. The van der Waals surface area contributed by atoms with Gasteiger partial charge < -0.3 is 74.6 Å². The van der Waals surface area contributed by atoms with Gasteiger partial charge in [0.15, 0.2) is 0 Å². The summed E-state index contributed by atoms with van der Waals surface area (Å²) in [7, 11) is 0. The number of fused-ring (bicyclic) bond motifs is 6. The van der Waals surface area contributed by atoms with Crippen molar-refractivity contribution in [1.82, 2.24) is 0 Å². The minimum atomic E-state index is -1.66. The molecule has 5 rings (SSSR count). The molecule has 1 saturated heterocycles. The lowest BCUT2D eigenvalue weighted by atomic mass is 9.56. The summed E-state index contributed by atoms with van der Waals surface area (Å²) in [6, 6.07) is -1.04. The first-order valence-corrected chi connectivity index (χ1v) is 21.2. The summed E-state index contributed by atoms with van der Waals surface area (Å²) < 4.78 is 0. The Bertz CT molecular complexity index is 2220. The van der Waals surface area contributed by atoms with Gasteiger partial charge in [-0.1, -0.05) is 27.7 Å². The topological polar surface area (TPSA) is 335 Å². The van der Waals surface area contributed by atoms with Gasteiger partial charge in [0.25, 0.3) is 0 Å². The predicted octanol–water partition coefficient (Wildman–Crippen LogP) is -4.45. The van der Waals surface area contributed by atoms with Crippen LogP contribution in [-0.4, -0.2) is 70.5 Å². The summed E-state index contributed by atoms with van der Waals surface area (Å²) in [6.07, 6.45) is -3.07. The number of rotatable bonds is 18. The van der Waals surface area contributed by atoms with Crippen molar-refractivity contribution in [3.05, 3.63) is 34.3 Å². The Labute approximate surface area is 365 Å². The van der Waals surface area contributed by atoms with Crippen molar-refractivity contribution in [3.8, 4) is 0 Å². The number of carbonyl (C=O) groups is 7. The van der Waals surface area contributed by atoms with E-state index in [1.54, 1.807) is 52.9 Å². The van der Waals surface area contributed by atoms with Crippen molar-refractivity contribution in [3.63, 3.8) is 0 Å². The fourth-order valence-corrected chi connectivity index (χ4v) is 11.9. The molecule has 0 radical (unpaired) electrons. The van der Waals surface area contributed by atoms with Crippen molar-refractivity contribution in [2.24, 2.45) is 60.3 Å². The number of carbonyl (C=O) groups excluding carboxylic acids is 7. The largest absolute Gasteiger partial charge is 0.550 e. The molecule has 0 spiro atoms. The van der Waals surface area contributed by atoms with Gasteiger partial charge in [-0.3, -0.25) is 15.0 Å². The molecule has 2 N–H and O–H groups in total. The number of aliphatic imine (C=N–C) groups is 3. The van der Waals surface area contributed by atoms with E-state index in [-0.39, 0.29) is 48.4 Å². The van der Waals surface area contributed by atoms with Crippen LogP contribution in [0, 0.1) is 45.3 Å². The smallest absolute Gasteiger partial charge is 0.120 e.